The molecule has 5 rings (SSSR count). The number of ketones is 1. The van der Waals surface area contributed by atoms with Crippen molar-refractivity contribution in [3.05, 3.63) is 65.4 Å². The summed E-state index contributed by atoms with van der Waals surface area (Å²) >= 11 is 0. The Bertz CT molecular complexity index is 1750. The fourth-order valence-electron chi connectivity index (χ4n) is 5.78. The molecule has 2 aliphatic heterocycles. The number of rotatable bonds is 11. The summed E-state index contributed by atoms with van der Waals surface area (Å²) in [5.41, 5.74) is 2.53. The minimum atomic E-state index is -1.17. The number of hydrogen-bond donors (Lipinski definition) is 2. The molecule has 1 saturated heterocycles. The van der Waals surface area contributed by atoms with Crippen LogP contribution in [0.2, 0.25) is 0 Å². The van der Waals surface area contributed by atoms with Crippen LogP contribution in [0.5, 0.6) is 5.75 Å². The topological polar surface area (TPSA) is 176 Å². The number of carboxylic acid groups (broad SMARTS) is 1. The van der Waals surface area contributed by atoms with Gasteiger partial charge in [-0.15, -0.1) is 0 Å². The molecule has 2 aromatic carbocycles. The van der Waals surface area contributed by atoms with Crippen LogP contribution in [0, 0.1) is 0 Å². The third-order valence-electron chi connectivity index (χ3n) is 8.31. The maximum Gasteiger partial charge on any atom is 0.409 e. The van der Waals surface area contributed by atoms with E-state index in [2.05, 4.69) is 10.3 Å². The molecular formula is C34H37N5O9. The predicted molar refractivity (Wildman–Crippen MR) is 173 cm³/mol. The van der Waals surface area contributed by atoms with Gasteiger partial charge in [0.15, 0.2) is 12.4 Å². The van der Waals surface area contributed by atoms with Crippen LogP contribution in [0.3, 0.4) is 0 Å². The number of hydrogen-bond acceptors (Lipinski definition) is 9. The van der Waals surface area contributed by atoms with Crippen molar-refractivity contribution in [1.82, 2.24) is 20.1 Å². The van der Waals surface area contributed by atoms with Gasteiger partial charge in [-0.2, -0.15) is 0 Å². The summed E-state index contributed by atoms with van der Waals surface area (Å²) in [6.07, 6.45) is -0.394. The van der Waals surface area contributed by atoms with Crippen molar-refractivity contribution in [2.45, 2.75) is 39.2 Å². The van der Waals surface area contributed by atoms with Crippen LogP contribution in [-0.2, 0) is 25.5 Å². The molecule has 0 saturated carbocycles. The number of aromatic nitrogens is 1. The third kappa shape index (κ3) is 7.70. The van der Waals surface area contributed by atoms with E-state index in [1.807, 2.05) is 0 Å². The van der Waals surface area contributed by atoms with E-state index in [4.69, 9.17) is 9.47 Å². The van der Waals surface area contributed by atoms with Gasteiger partial charge < -0.3 is 34.6 Å². The summed E-state index contributed by atoms with van der Waals surface area (Å²) in [6, 6.07) is 12.4. The lowest BCUT2D eigenvalue weighted by Gasteiger charge is -2.35. The second kappa shape index (κ2) is 14.9. The van der Waals surface area contributed by atoms with Gasteiger partial charge in [0.25, 0.3) is 11.8 Å². The summed E-state index contributed by atoms with van der Waals surface area (Å²) in [4.78, 5) is 84.5. The second-order valence-corrected chi connectivity index (χ2v) is 11.5. The molecule has 2 N–H and O–H groups in total. The monoisotopic (exact) mass is 659 g/mol. The number of piperazine rings is 1. The van der Waals surface area contributed by atoms with E-state index in [0.29, 0.717) is 35.1 Å². The van der Waals surface area contributed by atoms with Crippen LogP contribution >= 0.6 is 0 Å². The molecule has 252 valence electrons. The molecule has 0 bridgehead atoms. The minimum Gasteiger partial charge on any atom is -0.483 e. The molecule has 14 nitrogen and oxygen atoms in total. The van der Waals surface area contributed by atoms with Crippen molar-refractivity contribution < 1.29 is 43.3 Å². The highest BCUT2D eigenvalue weighted by atomic mass is 16.6. The lowest BCUT2D eigenvalue weighted by molar-refractivity contribution is -0.138. The predicted octanol–water partition coefficient (Wildman–Crippen LogP) is 2.67. The zero-order valence-corrected chi connectivity index (χ0v) is 26.8. The molecule has 14 heteroatoms. The van der Waals surface area contributed by atoms with Crippen molar-refractivity contribution in [2.75, 3.05) is 50.8 Å². The van der Waals surface area contributed by atoms with E-state index in [0.717, 1.165) is 5.56 Å². The number of ether oxygens (including phenoxy) is 2. The number of nitrogens with one attached hydrogen (secondary N) is 1. The van der Waals surface area contributed by atoms with E-state index in [-0.39, 0.29) is 75.4 Å². The quantitative estimate of drug-likeness (QED) is 0.291. The Labute approximate surface area is 276 Å². The molecule has 1 atom stereocenters. The highest BCUT2D eigenvalue weighted by Crippen LogP contribution is 2.30. The van der Waals surface area contributed by atoms with Crippen molar-refractivity contribution >= 4 is 52.2 Å². The SMILES string of the molecule is CCOC(=O)N1CCN(C(=O)[C@H](CCC(=O)O)NC(=O)c2cc(OCC(=O)N3CCc4cc(C(C)=O)ccc43)c3ccccc3n2)CC1. The first-order valence-corrected chi connectivity index (χ1v) is 15.8. The highest BCUT2D eigenvalue weighted by molar-refractivity contribution is 6.01. The van der Waals surface area contributed by atoms with Crippen LogP contribution in [0.4, 0.5) is 10.5 Å². The first-order chi connectivity index (χ1) is 23.0. The fraction of sp³-hybridized carbons (Fsp3) is 0.382. The van der Waals surface area contributed by atoms with Crippen molar-refractivity contribution in [2.24, 2.45) is 0 Å². The number of carbonyl (C=O) groups excluding carboxylic acids is 5. The molecule has 1 aromatic heterocycles. The summed E-state index contributed by atoms with van der Waals surface area (Å²) < 4.78 is 11.0. The molecular weight excluding hydrogens is 622 g/mol. The van der Waals surface area contributed by atoms with Gasteiger partial charge in [0.1, 0.15) is 17.5 Å². The van der Waals surface area contributed by atoms with Crippen LogP contribution < -0.4 is 15.0 Å². The van der Waals surface area contributed by atoms with Gasteiger partial charge in [-0.3, -0.25) is 24.0 Å². The molecule has 1 fully saturated rings. The molecule has 3 heterocycles. The lowest BCUT2D eigenvalue weighted by atomic mass is 10.1. The second-order valence-electron chi connectivity index (χ2n) is 11.5. The molecule has 0 aliphatic carbocycles. The summed E-state index contributed by atoms with van der Waals surface area (Å²) in [6.45, 7) is 4.38. The number of nitrogens with zero attached hydrogens (tertiary/aromatic N) is 4. The number of anilines is 1. The lowest BCUT2D eigenvalue weighted by Crippen LogP contribution is -2.56. The number of para-hydroxylation sites is 1. The Kier molecular flexibility index (Phi) is 10.5. The maximum atomic E-state index is 13.5. The minimum absolute atomic E-state index is 0.0539. The normalized spacial score (nSPS) is 14.7. The molecule has 48 heavy (non-hydrogen) atoms. The van der Waals surface area contributed by atoms with Gasteiger partial charge in [0.05, 0.1) is 12.1 Å². The Hall–Kier alpha value is -5.53. The van der Waals surface area contributed by atoms with Gasteiger partial charge in [-0.25, -0.2) is 9.78 Å². The van der Waals surface area contributed by atoms with Crippen molar-refractivity contribution in [3.63, 3.8) is 0 Å². The van der Waals surface area contributed by atoms with Crippen molar-refractivity contribution in [1.29, 1.82) is 0 Å². The molecule has 2 aliphatic rings. The van der Waals surface area contributed by atoms with Crippen LogP contribution in [-0.4, -0.2) is 107 Å². The highest BCUT2D eigenvalue weighted by Gasteiger charge is 2.32. The van der Waals surface area contributed by atoms with Gasteiger partial charge in [0.2, 0.25) is 5.91 Å². The van der Waals surface area contributed by atoms with E-state index in [9.17, 15) is 33.9 Å². The maximum absolute atomic E-state index is 13.5. The fourth-order valence-corrected chi connectivity index (χ4v) is 5.78. The first kappa shape index (κ1) is 33.8. The average molecular weight is 660 g/mol. The molecule has 3 aromatic rings. The van der Waals surface area contributed by atoms with E-state index in [1.165, 1.54) is 22.8 Å². The van der Waals surface area contributed by atoms with Crippen LogP contribution in [0.25, 0.3) is 10.9 Å². The number of amides is 4. The number of benzene rings is 2. The Morgan fingerprint density at radius 2 is 1.69 bits per heavy atom. The van der Waals surface area contributed by atoms with E-state index < -0.39 is 29.9 Å². The summed E-state index contributed by atoms with van der Waals surface area (Å²) in [5, 5.41) is 12.5. The van der Waals surface area contributed by atoms with Crippen molar-refractivity contribution in [3.8, 4) is 5.75 Å². The summed E-state index contributed by atoms with van der Waals surface area (Å²) in [7, 11) is 0. The Balaban J connectivity index is 1.30. The van der Waals surface area contributed by atoms with Crippen LogP contribution in [0.15, 0.2) is 48.5 Å². The first-order valence-electron chi connectivity index (χ1n) is 15.8. The Morgan fingerprint density at radius 3 is 2.40 bits per heavy atom. The van der Waals surface area contributed by atoms with Gasteiger partial charge in [-0.05, 0) is 62.6 Å². The smallest absolute Gasteiger partial charge is 0.409 e. The average Bonchev–Trinajstić information content (AvgIpc) is 3.52. The standard InChI is InChI=1S/C34H37N5O9/c1-3-47-34(46)38-16-14-37(15-17-38)33(45)26(9-11-31(42)43)36-32(44)27-19-29(24-6-4-5-7-25(24)35-27)48-20-30(41)39-13-12-23-18-22(21(2)40)8-10-28(23)39/h4-8,10,18-19,26H,3,9,11-17,20H2,1-2H3,(H,36,44)(H,42,43)/t26-/m0/s1. The zero-order valence-electron chi connectivity index (χ0n) is 26.8. The Morgan fingerprint density at radius 1 is 0.958 bits per heavy atom. The summed E-state index contributed by atoms with van der Waals surface area (Å²) in [5.74, 6) is -2.45. The number of carboxylic acids is 1. The number of fused-ring (bicyclic) bond motifs is 2. The molecule has 0 unspecified atom stereocenters. The zero-order chi connectivity index (χ0) is 34.4. The van der Waals surface area contributed by atoms with Gasteiger partial charge in [0, 0.05) is 61.8 Å². The number of carbonyl (C=O) groups is 6. The van der Waals surface area contributed by atoms with E-state index >= 15 is 0 Å². The number of Topliss-reactive ketones (excluding diaryl/α,β-unsaturated/α-hetero) is 1. The van der Waals surface area contributed by atoms with E-state index in [1.54, 1.807) is 54.3 Å². The molecule has 4 amide bonds. The third-order valence-corrected chi connectivity index (χ3v) is 8.31. The number of pyridine rings is 1. The van der Waals surface area contributed by atoms with Crippen LogP contribution in [0.1, 0.15) is 53.1 Å². The van der Waals surface area contributed by atoms with Gasteiger partial charge in [-0.1, -0.05) is 12.1 Å². The van der Waals surface area contributed by atoms with Gasteiger partial charge >= 0.3 is 12.1 Å². The molecule has 0 radical (unpaired) electrons. The largest absolute Gasteiger partial charge is 0.483 e. The number of aliphatic carboxylic acids is 1. The molecule has 0 spiro atoms.